The van der Waals surface area contributed by atoms with E-state index in [9.17, 15) is 4.79 Å². The zero-order chi connectivity index (χ0) is 13.8. The van der Waals surface area contributed by atoms with Gasteiger partial charge < -0.3 is 14.5 Å². The monoisotopic (exact) mass is 261 g/mol. The summed E-state index contributed by atoms with van der Waals surface area (Å²) in [6.07, 6.45) is 1.99. The lowest BCUT2D eigenvalue weighted by molar-refractivity contribution is -0.145. The van der Waals surface area contributed by atoms with Gasteiger partial charge in [-0.05, 0) is 30.5 Å². The third kappa shape index (κ3) is 2.89. The largest absolute Gasteiger partial charge is 0.481 e. The number of hydrogen-bond donors (Lipinski definition) is 1. The van der Waals surface area contributed by atoms with Crippen LogP contribution in [-0.4, -0.2) is 24.2 Å². The molecule has 1 heterocycles. The van der Waals surface area contributed by atoms with Crippen molar-refractivity contribution in [3.63, 3.8) is 0 Å². The highest BCUT2D eigenvalue weighted by atomic mass is 16.6. The minimum atomic E-state index is -0.346. The second kappa shape index (κ2) is 5.78. The Morgan fingerprint density at radius 2 is 2.16 bits per heavy atom. The molecule has 102 valence electrons. The van der Waals surface area contributed by atoms with Crippen LogP contribution in [0.1, 0.15) is 32.3 Å². The highest BCUT2D eigenvalue weighted by molar-refractivity contribution is 5.90. The van der Waals surface area contributed by atoms with Crippen LogP contribution in [0.15, 0.2) is 24.4 Å². The minimum absolute atomic E-state index is 0.0599. The Morgan fingerprint density at radius 3 is 2.84 bits per heavy atom. The van der Waals surface area contributed by atoms with Crippen molar-refractivity contribution in [2.75, 3.05) is 13.2 Å². The highest BCUT2D eigenvalue weighted by Gasteiger charge is 2.13. The first-order valence-corrected chi connectivity index (χ1v) is 6.52. The predicted octanol–water partition coefficient (Wildman–Crippen LogP) is 3.23. The Labute approximate surface area is 112 Å². The molecule has 0 aliphatic carbocycles. The van der Waals surface area contributed by atoms with Crippen LogP contribution in [0, 0.1) is 0 Å². The summed E-state index contributed by atoms with van der Waals surface area (Å²) in [7, 11) is 0. The number of ether oxygens (including phenoxy) is 2. The molecule has 0 atom stereocenters. The van der Waals surface area contributed by atoms with Gasteiger partial charge in [0.05, 0.1) is 6.61 Å². The van der Waals surface area contributed by atoms with Crippen LogP contribution in [0.25, 0.3) is 10.9 Å². The minimum Gasteiger partial charge on any atom is -0.481 e. The first-order chi connectivity index (χ1) is 9.13. The SMILES string of the molecule is CCOC(=O)COc1cccc2[nH]cc(C(C)C)c12. The number of aromatic nitrogens is 1. The van der Waals surface area contributed by atoms with Gasteiger partial charge in [0, 0.05) is 17.1 Å². The number of fused-ring (bicyclic) bond motifs is 1. The van der Waals surface area contributed by atoms with E-state index < -0.39 is 0 Å². The maximum absolute atomic E-state index is 11.4. The lowest BCUT2D eigenvalue weighted by Gasteiger charge is -2.10. The van der Waals surface area contributed by atoms with E-state index >= 15 is 0 Å². The van der Waals surface area contributed by atoms with Crippen LogP contribution in [0.3, 0.4) is 0 Å². The van der Waals surface area contributed by atoms with Gasteiger partial charge in [-0.3, -0.25) is 0 Å². The molecular formula is C15H19NO3. The zero-order valence-corrected chi connectivity index (χ0v) is 11.5. The Balaban J connectivity index is 2.27. The quantitative estimate of drug-likeness (QED) is 0.841. The fraction of sp³-hybridized carbons (Fsp3) is 0.400. The highest BCUT2D eigenvalue weighted by Crippen LogP contribution is 2.32. The van der Waals surface area contributed by atoms with Gasteiger partial charge in [0.25, 0.3) is 0 Å². The summed E-state index contributed by atoms with van der Waals surface area (Å²) in [5.74, 6) is 0.762. The summed E-state index contributed by atoms with van der Waals surface area (Å²) in [5.41, 5.74) is 2.21. The average molecular weight is 261 g/mol. The number of benzene rings is 1. The summed E-state index contributed by atoms with van der Waals surface area (Å²) < 4.78 is 10.5. The molecule has 0 aliphatic rings. The Hall–Kier alpha value is -1.97. The van der Waals surface area contributed by atoms with Gasteiger partial charge >= 0.3 is 5.97 Å². The third-order valence-electron chi connectivity index (χ3n) is 2.97. The Bertz CT molecular complexity index is 572. The van der Waals surface area contributed by atoms with Crippen LogP contribution in [0.2, 0.25) is 0 Å². The van der Waals surface area contributed by atoms with Crippen LogP contribution in [0.5, 0.6) is 5.75 Å². The molecule has 19 heavy (non-hydrogen) atoms. The first-order valence-electron chi connectivity index (χ1n) is 6.52. The number of carbonyl (C=O) groups is 1. The zero-order valence-electron chi connectivity index (χ0n) is 11.5. The summed E-state index contributed by atoms with van der Waals surface area (Å²) in [6, 6.07) is 5.78. The van der Waals surface area contributed by atoms with Crippen molar-refractivity contribution in [1.82, 2.24) is 4.98 Å². The fourth-order valence-corrected chi connectivity index (χ4v) is 2.09. The van der Waals surface area contributed by atoms with Crippen molar-refractivity contribution in [3.05, 3.63) is 30.0 Å². The standard InChI is InChI=1S/C15H19NO3/c1-4-18-14(17)9-19-13-7-5-6-12-15(13)11(8-16-12)10(2)3/h5-8,10,16H,4,9H2,1-3H3. The maximum atomic E-state index is 11.4. The molecule has 0 unspecified atom stereocenters. The van der Waals surface area contributed by atoms with E-state index in [0.29, 0.717) is 12.5 Å². The summed E-state index contributed by atoms with van der Waals surface area (Å²) in [6.45, 7) is 6.35. The lowest BCUT2D eigenvalue weighted by atomic mass is 10.0. The molecule has 1 aromatic carbocycles. The number of hydrogen-bond acceptors (Lipinski definition) is 3. The van der Waals surface area contributed by atoms with Gasteiger partial charge in [0.2, 0.25) is 0 Å². The van der Waals surface area contributed by atoms with Crippen LogP contribution >= 0.6 is 0 Å². The fourth-order valence-electron chi connectivity index (χ4n) is 2.09. The molecule has 4 nitrogen and oxygen atoms in total. The van der Waals surface area contributed by atoms with Crippen molar-refractivity contribution in [2.45, 2.75) is 26.7 Å². The Morgan fingerprint density at radius 1 is 1.37 bits per heavy atom. The molecule has 0 spiro atoms. The summed E-state index contributed by atoms with van der Waals surface area (Å²) >= 11 is 0. The average Bonchev–Trinajstić information content (AvgIpc) is 2.81. The molecule has 0 bridgehead atoms. The molecular weight excluding hydrogens is 242 g/mol. The van der Waals surface area contributed by atoms with E-state index in [0.717, 1.165) is 16.7 Å². The number of H-pyrrole nitrogens is 1. The molecule has 0 aliphatic heterocycles. The topological polar surface area (TPSA) is 51.3 Å². The van der Waals surface area contributed by atoms with Crippen molar-refractivity contribution in [3.8, 4) is 5.75 Å². The molecule has 0 saturated heterocycles. The van der Waals surface area contributed by atoms with Gasteiger partial charge in [-0.1, -0.05) is 19.9 Å². The van der Waals surface area contributed by atoms with Crippen molar-refractivity contribution < 1.29 is 14.3 Å². The molecule has 1 N–H and O–H groups in total. The van der Waals surface area contributed by atoms with Crippen LogP contribution in [0.4, 0.5) is 0 Å². The number of esters is 1. The van der Waals surface area contributed by atoms with E-state index in [1.807, 2.05) is 24.4 Å². The molecule has 2 rings (SSSR count). The molecule has 0 amide bonds. The van der Waals surface area contributed by atoms with Gasteiger partial charge in [-0.2, -0.15) is 0 Å². The third-order valence-corrected chi connectivity index (χ3v) is 2.97. The van der Waals surface area contributed by atoms with Gasteiger partial charge in [-0.15, -0.1) is 0 Å². The number of carbonyl (C=O) groups excluding carboxylic acids is 1. The number of nitrogens with one attached hydrogen (secondary N) is 1. The van der Waals surface area contributed by atoms with Gasteiger partial charge in [0.15, 0.2) is 6.61 Å². The number of rotatable bonds is 5. The van der Waals surface area contributed by atoms with E-state index in [4.69, 9.17) is 9.47 Å². The van der Waals surface area contributed by atoms with Crippen LogP contribution < -0.4 is 4.74 Å². The smallest absolute Gasteiger partial charge is 0.344 e. The lowest BCUT2D eigenvalue weighted by Crippen LogP contribution is -2.14. The van der Waals surface area contributed by atoms with Crippen molar-refractivity contribution >= 4 is 16.9 Å². The second-order valence-electron chi connectivity index (χ2n) is 4.67. The normalized spacial score (nSPS) is 10.9. The van der Waals surface area contributed by atoms with Crippen LogP contribution in [-0.2, 0) is 9.53 Å². The van der Waals surface area contributed by atoms with E-state index in [1.165, 1.54) is 5.56 Å². The van der Waals surface area contributed by atoms with E-state index in [1.54, 1.807) is 6.92 Å². The summed E-state index contributed by atoms with van der Waals surface area (Å²) in [4.78, 5) is 14.6. The van der Waals surface area contributed by atoms with Crippen molar-refractivity contribution in [2.24, 2.45) is 0 Å². The molecule has 0 radical (unpaired) electrons. The van der Waals surface area contributed by atoms with Crippen molar-refractivity contribution in [1.29, 1.82) is 0 Å². The van der Waals surface area contributed by atoms with Gasteiger partial charge in [0.1, 0.15) is 5.75 Å². The predicted molar refractivity (Wildman–Crippen MR) is 74.5 cm³/mol. The molecule has 0 fully saturated rings. The second-order valence-corrected chi connectivity index (χ2v) is 4.67. The number of aromatic amines is 1. The molecule has 0 saturated carbocycles. The Kier molecular flexibility index (Phi) is 4.10. The maximum Gasteiger partial charge on any atom is 0.344 e. The molecule has 2 aromatic rings. The summed E-state index contributed by atoms with van der Waals surface area (Å²) in [5, 5.41) is 1.04. The van der Waals surface area contributed by atoms with E-state index in [2.05, 4.69) is 18.8 Å². The molecule has 1 aromatic heterocycles. The molecule has 4 heteroatoms. The van der Waals surface area contributed by atoms with E-state index in [-0.39, 0.29) is 12.6 Å². The first kappa shape index (κ1) is 13.5. The van der Waals surface area contributed by atoms with Gasteiger partial charge in [-0.25, -0.2) is 4.79 Å².